The van der Waals surface area contributed by atoms with Crippen molar-refractivity contribution in [1.29, 1.82) is 5.41 Å². The van der Waals surface area contributed by atoms with Crippen molar-refractivity contribution in [2.75, 3.05) is 35.2 Å². The first-order chi connectivity index (χ1) is 20.4. The largest absolute Gasteiger partial charge is 0.457 e. The van der Waals surface area contributed by atoms with Crippen LogP contribution in [0, 0.1) is 11.2 Å². The number of ether oxygens (including phenoxy) is 2. The number of carbonyl (C=O) groups is 1. The van der Waals surface area contributed by atoms with Gasteiger partial charge in [-0.3, -0.25) is 15.1 Å². The van der Waals surface area contributed by atoms with Crippen LogP contribution in [-0.4, -0.2) is 70.9 Å². The van der Waals surface area contributed by atoms with Crippen LogP contribution in [-0.2, 0) is 26.3 Å². The summed E-state index contributed by atoms with van der Waals surface area (Å²) in [5.74, 6) is -0.484. The second kappa shape index (κ2) is 10.8. The molecular formula is C29H35F4N7O3. The Hall–Kier alpha value is -3.68. The minimum atomic E-state index is -4.49. The normalized spacial score (nSPS) is 25.1. The highest BCUT2D eigenvalue weighted by Gasteiger charge is 2.55. The van der Waals surface area contributed by atoms with E-state index >= 15 is 4.39 Å². The van der Waals surface area contributed by atoms with Gasteiger partial charge in [-0.1, -0.05) is 12.8 Å². The Labute approximate surface area is 246 Å². The monoisotopic (exact) mass is 605 g/mol. The molecule has 4 aliphatic rings. The summed E-state index contributed by atoms with van der Waals surface area (Å²) < 4.78 is 67.0. The third-order valence-corrected chi connectivity index (χ3v) is 8.90. The van der Waals surface area contributed by atoms with Gasteiger partial charge in [0.25, 0.3) is 6.02 Å². The van der Waals surface area contributed by atoms with Gasteiger partial charge in [-0.2, -0.15) is 13.2 Å². The zero-order chi connectivity index (χ0) is 30.7. The van der Waals surface area contributed by atoms with Gasteiger partial charge in [-0.15, -0.1) is 0 Å². The number of amidine groups is 1. The van der Waals surface area contributed by atoms with Crippen molar-refractivity contribution in [2.24, 2.45) is 0 Å². The third-order valence-electron chi connectivity index (χ3n) is 8.90. The number of morpholine rings is 1. The molecule has 232 valence electrons. The fraction of sp³-hybridized carbons (Fsp3) is 0.586. The summed E-state index contributed by atoms with van der Waals surface area (Å²) >= 11 is 0. The molecule has 1 amide bonds. The molecule has 3 fully saturated rings. The van der Waals surface area contributed by atoms with E-state index in [1.54, 1.807) is 12.1 Å². The Balaban J connectivity index is 1.30. The Kier molecular flexibility index (Phi) is 7.38. The number of alkyl halides is 3. The van der Waals surface area contributed by atoms with Crippen molar-refractivity contribution in [3.05, 3.63) is 35.4 Å². The molecule has 10 nitrogen and oxygen atoms in total. The average Bonchev–Trinajstić information content (AvgIpc) is 3.66. The van der Waals surface area contributed by atoms with Crippen LogP contribution in [0.4, 0.5) is 40.6 Å². The lowest BCUT2D eigenvalue weighted by Gasteiger charge is -2.37. The van der Waals surface area contributed by atoms with E-state index in [1.807, 2.05) is 18.7 Å². The first-order valence-electron chi connectivity index (χ1n) is 14.6. The number of hydrogen-bond donors (Lipinski definition) is 2. The highest BCUT2D eigenvalue weighted by atomic mass is 19.4. The first kappa shape index (κ1) is 29.4. The third kappa shape index (κ3) is 5.12. The van der Waals surface area contributed by atoms with Gasteiger partial charge in [0, 0.05) is 25.7 Å². The molecule has 6 rings (SSSR count). The molecule has 3 aliphatic heterocycles. The van der Waals surface area contributed by atoms with E-state index in [0.29, 0.717) is 37.2 Å². The molecule has 1 saturated carbocycles. The maximum atomic E-state index is 15.6. The fourth-order valence-corrected chi connectivity index (χ4v) is 7.13. The van der Waals surface area contributed by atoms with Crippen molar-refractivity contribution in [3.8, 4) is 0 Å². The average molecular weight is 606 g/mol. The van der Waals surface area contributed by atoms with Crippen molar-refractivity contribution in [3.63, 3.8) is 0 Å². The predicted octanol–water partition coefficient (Wildman–Crippen LogP) is 4.78. The molecule has 0 radical (unpaired) electrons. The van der Waals surface area contributed by atoms with Crippen LogP contribution in [0.3, 0.4) is 0 Å². The number of anilines is 4. The van der Waals surface area contributed by atoms with E-state index in [4.69, 9.17) is 20.6 Å². The van der Waals surface area contributed by atoms with Crippen molar-refractivity contribution in [1.82, 2.24) is 14.9 Å². The van der Waals surface area contributed by atoms with Gasteiger partial charge in [-0.05, 0) is 51.7 Å². The standard InChI is InChI=1S/C29H35F4N7O3/c1-16-13-38(14-17(2)43-16)20-8-7-18(12-19(20)30)40-25-23(28(26(40)41)9-3-4-10-28)24(34)36-22(37-25)15-42-27(35)39-11-5-6-21(39)29(31,32)33/h7-8,12,16-17,21,35H,3-6,9-11,13-15H2,1-2H3,(H2,34,36,37)/t16-,17+,21-/m1/s1. The zero-order valence-corrected chi connectivity index (χ0v) is 24.1. The van der Waals surface area contributed by atoms with Gasteiger partial charge >= 0.3 is 6.18 Å². The van der Waals surface area contributed by atoms with Crippen LogP contribution in [0.25, 0.3) is 0 Å². The number of halogens is 4. The Morgan fingerprint density at radius 1 is 1.16 bits per heavy atom. The van der Waals surface area contributed by atoms with Crippen LogP contribution in [0.1, 0.15) is 63.8 Å². The van der Waals surface area contributed by atoms with E-state index < -0.39 is 36.1 Å². The van der Waals surface area contributed by atoms with Gasteiger partial charge in [0.15, 0.2) is 12.4 Å². The Bertz CT molecular complexity index is 1420. The van der Waals surface area contributed by atoms with Crippen LogP contribution in [0.2, 0.25) is 0 Å². The lowest BCUT2D eigenvalue weighted by atomic mass is 9.80. The molecule has 1 aliphatic carbocycles. The van der Waals surface area contributed by atoms with Gasteiger partial charge in [0.1, 0.15) is 23.5 Å². The summed E-state index contributed by atoms with van der Waals surface area (Å²) in [5, 5.41) is 8.14. The molecule has 2 aromatic rings. The molecule has 0 bridgehead atoms. The topological polar surface area (TPSA) is 121 Å². The lowest BCUT2D eigenvalue weighted by molar-refractivity contribution is -0.169. The highest BCUT2D eigenvalue weighted by Crippen LogP contribution is 2.54. The summed E-state index contributed by atoms with van der Waals surface area (Å²) in [6.07, 6.45) is -1.75. The summed E-state index contributed by atoms with van der Waals surface area (Å²) in [6.45, 7) is 4.54. The minimum Gasteiger partial charge on any atom is -0.457 e. The molecule has 3 N–H and O–H groups in total. The maximum absolute atomic E-state index is 15.6. The van der Waals surface area contributed by atoms with E-state index in [1.165, 1.54) is 11.0 Å². The number of amides is 1. The molecule has 43 heavy (non-hydrogen) atoms. The van der Waals surface area contributed by atoms with Gasteiger partial charge in [-0.25, -0.2) is 14.4 Å². The van der Waals surface area contributed by atoms with Crippen molar-refractivity contribution < 1.29 is 31.8 Å². The first-order valence-corrected chi connectivity index (χ1v) is 14.6. The number of nitrogen functional groups attached to an aromatic ring is 1. The van der Waals surface area contributed by atoms with Crippen LogP contribution < -0.4 is 15.5 Å². The van der Waals surface area contributed by atoms with Gasteiger partial charge in [0.05, 0.1) is 34.6 Å². The summed E-state index contributed by atoms with van der Waals surface area (Å²) in [6, 6.07) is 2.21. The van der Waals surface area contributed by atoms with Crippen LogP contribution in [0.5, 0.6) is 0 Å². The number of benzene rings is 1. The zero-order valence-electron chi connectivity index (χ0n) is 24.1. The molecule has 1 aromatic carbocycles. The van der Waals surface area contributed by atoms with E-state index in [0.717, 1.165) is 17.7 Å². The number of hydrogen-bond acceptors (Lipinski definition) is 8. The number of nitrogens with zero attached hydrogens (tertiary/aromatic N) is 5. The van der Waals surface area contributed by atoms with Crippen LogP contribution in [0.15, 0.2) is 18.2 Å². The molecular weight excluding hydrogens is 570 g/mol. The summed E-state index contributed by atoms with van der Waals surface area (Å²) in [5.41, 5.74) is 6.65. The van der Waals surface area contributed by atoms with E-state index in [-0.39, 0.29) is 60.6 Å². The molecule has 14 heteroatoms. The van der Waals surface area contributed by atoms with Crippen molar-refractivity contribution in [2.45, 2.75) is 88.8 Å². The number of carbonyl (C=O) groups excluding carboxylic acids is 1. The van der Waals surface area contributed by atoms with Crippen LogP contribution >= 0.6 is 0 Å². The molecule has 1 spiro atoms. The number of likely N-dealkylation sites (tertiary alicyclic amines) is 1. The number of rotatable bonds is 4. The maximum Gasteiger partial charge on any atom is 0.408 e. The smallest absolute Gasteiger partial charge is 0.408 e. The molecule has 2 saturated heterocycles. The molecule has 1 aromatic heterocycles. The predicted molar refractivity (Wildman–Crippen MR) is 151 cm³/mol. The molecule has 3 atom stereocenters. The van der Waals surface area contributed by atoms with Gasteiger partial charge < -0.3 is 25.0 Å². The Morgan fingerprint density at radius 3 is 2.51 bits per heavy atom. The minimum absolute atomic E-state index is 0.00462. The number of aromatic nitrogens is 2. The summed E-state index contributed by atoms with van der Waals surface area (Å²) in [4.78, 5) is 27.1. The number of nitrogens with one attached hydrogen (secondary N) is 1. The highest BCUT2D eigenvalue weighted by molar-refractivity contribution is 6.13. The second-order valence-corrected chi connectivity index (χ2v) is 11.9. The number of fused-ring (bicyclic) bond motifs is 2. The Morgan fingerprint density at radius 2 is 1.86 bits per heavy atom. The molecule has 4 heterocycles. The van der Waals surface area contributed by atoms with Gasteiger partial charge in [0.2, 0.25) is 5.91 Å². The van der Waals surface area contributed by atoms with E-state index in [9.17, 15) is 18.0 Å². The van der Waals surface area contributed by atoms with E-state index in [2.05, 4.69) is 9.97 Å². The lowest BCUT2D eigenvalue weighted by Crippen LogP contribution is -2.45. The fourth-order valence-electron chi connectivity index (χ4n) is 7.13. The SMILES string of the molecule is C[C@@H]1CN(c2ccc(N3C(=O)C4(CCCC4)c4c(N)nc(COC(=N)N5CCC[C@@H]5C(F)(F)F)nc43)cc2F)C[C@H](C)O1. The molecule has 0 unspecified atom stereocenters. The van der Waals surface area contributed by atoms with Crippen molar-refractivity contribution >= 4 is 34.9 Å². The second-order valence-electron chi connectivity index (χ2n) is 11.9. The quantitative estimate of drug-likeness (QED) is 0.290. The number of nitrogens with two attached hydrogens (primary N) is 1. The summed E-state index contributed by atoms with van der Waals surface area (Å²) in [7, 11) is 0.